The van der Waals surface area contributed by atoms with Crippen LogP contribution in [0.25, 0.3) is 0 Å². The molecular formula is C22H16BrClFN3O3. The van der Waals surface area contributed by atoms with E-state index >= 15 is 0 Å². The molecule has 158 valence electrons. The number of halogens is 3. The average molecular weight is 505 g/mol. The van der Waals surface area contributed by atoms with Crippen molar-refractivity contribution in [3.8, 4) is 5.75 Å². The van der Waals surface area contributed by atoms with Crippen molar-refractivity contribution in [3.05, 3.63) is 99.3 Å². The molecule has 0 atom stereocenters. The zero-order chi connectivity index (χ0) is 21.8. The van der Waals surface area contributed by atoms with Gasteiger partial charge in [-0.05, 0) is 46.3 Å². The number of carbonyl (C=O) groups excluding carboxylic acids is 1. The highest BCUT2D eigenvalue weighted by Crippen LogP contribution is 2.25. The van der Waals surface area contributed by atoms with Gasteiger partial charge in [0.25, 0.3) is 5.91 Å². The first-order valence-electron chi connectivity index (χ1n) is 9.23. The maximum atomic E-state index is 13.8. The Morgan fingerprint density at radius 2 is 1.94 bits per heavy atom. The van der Waals surface area contributed by atoms with Crippen molar-refractivity contribution >= 4 is 39.3 Å². The number of carbonyl (C=O) groups is 1. The second-order valence-corrected chi connectivity index (χ2v) is 7.82. The SMILES string of the molecule is O=C(Nc1nn(Cc2ccccc2F)cc1Cl)c1ccc(COc2ccccc2Br)o1. The number of hydrogen-bond donors (Lipinski definition) is 1. The molecule has 0 bridgehead atoms. The van der Waals surface area contributed by atoms with Gasteiger partial charge in [0, 0.05) is 11.8 Å². The number of amides is 1. The third-order valence-corrected chi connectivity index (χ3v) is 5.26. The summed E-state index contributed by atoms with van der Waals surface area (Å²) in [6, 6.07) is 17.0. The minimum atomic E-state index is -0.509. The van der Waals surface area contributed by atoms with E-state index in [9.17, 15) is 9.18 Å². The predicted octanol–water partition coefficient (Wildman–Crippen LogP) is 5.91. The first-order chi connectivity index (χ1) is 15.0. The van der Waals surface area contributed by atoms with Crippen LogP contribution in [-0.2, 0) is 13.2 Å². The second-order valence-electron chi connectivity index (χ2n) is 6.55. The highest BCUT2D eigenvalue weighted by Gasteiger charge is 2.16. The van der Waals surface area contributed by atoms with Gasteiger partial charge in [-0.2, -0.15) is 5.10 Å². The van der Waals surface area contributed by atoms with Gasteiger partial charge in [-0.15, -0.1) is 0 Å². The fourth-order valence-electron chi connectivity index (χ4n) is 2.82. The van der Waals surface area contributed by atoms with Crippen molar-refractivity contribution in [2.24, 2.45) is 0 Å². The lowest BCUT2D eigenvalue weighted by Crippen LogP contribution is -2.12. The minimum Gasteiger partial charge on any atom is -0.484 e. The molecule has 1 amide bonds. The number of anilines is 1. The molecule has 0 saturated heterocycles. The van der Waals surface area contributed by atoms with Crippen molar-refractivity contribution in [2.45, 2.75) is 13.2 Å². The maximum absolute atomic E-state index is 13.8. The summed E-state index contributed by atoms with van der Waals surface area (Å²) in [5.41, 5.74) is 0.459. The Morgan fingerprint density at radius 1 is 1.16 bits per heavy atom. The van der Waals surface area contributed by atoms with Crippen molar-refractivity contribution in [2.75, 3.05) is 5.32 Å². The van der Waals surface area contributed by atoms with Gasteiger partial charge in [0.2, 0.25) is 0 Å². The second kappa shape index (κ2) is 9.36. The van der Waals surface area contributed by atoms with Crippen LogP contribution in [0.1, 0.15) is 21.9 Å². The van der Waals surface area contributed by atoms with Gasteiger partial charge in [0.1, 0.15) is 29.0 Å². The average Bonchev–Trinajstić information content (AvgIpc) is 3.36. The Kier molecular flexibility index (Phi) is 6.39. The Labute approximate surface area is 190 Å². The fourth-order valence-corrected chi connectivity index (χ4v) is 3.42. The molecule has 0 saturated carbocycles. The minimum absolute atomic E-state index is 0.0884. The van der Waals surface area contributed by atoms with Gasteiger partial charge in [0.05, 0.1) is 11.0 Å². The molecular weight excluding hydrogens is 489 g/mol. The molecule has 2 aromatic heterocycles. The molecule has 0 aliphatic rings. The molecule has 0 aliphatic carbocycles. The lowest BCUT2D eigenvalue weighted by Gasteiger charge is -2.06. The molecule has 4 aromatic rings. The van der Waals surface area contributed by atoms with Gasteiger partial charge in [-0.25, -0.2) is 4.39 Å². The van der Waals surface area contributed by atoms with Crippen LogP contribution in [0.5, 0.6) is 5.75 Å². The monoisotopic (exact) mass is 503 g/mol. The van der Waals surface area contributed by atoms with Crippen LogP contribution in [0.15, 0.2) is 75.8 Å². The topological polar surface area (TPSA) is 69.3 Å². The van der Waals surface area contributed by atoms with Gasteiger partial charge in [0.15, 0.2) is 11.6 Å². The molecule has 0 spiro atoms. The van der Waals surface area contributed by atoms with Crippen LogP contribution in [0, 0.1) is 5.82 Å². The maximum Gasteiger partial charge on any atom is 0.292 e. The molecule has 0 aliphatic heterocycles. The van der Waals surface area contributed by atoms with E-state index in [2.05, 4.69) is 26.3 Å². The Hall–Kier alpha value is -3.10. The van der Waals surface area contributed by atoms with E-state index in [0.29, 0.717) is 17.1 Å². The summed E-state index contributed by atoms with van der Waals surface area (Å²) >= 11 is 9.58. The van der Waals surface area contributed by atoms with Crippen LogP contribution in [0.2, 0.25) is 5.02 Å². The van der Waals surface area contributed by atoms with Gasteiger partial charge in [-0.1, -0.05) is 41.9 Å². The van der Waals surface area contributed by atoms with E-state index in [0.717, 1.165) is 4.47 Å². The summed E-state index contributed by atoms with van der Waals surface area (Å²) in [6.07, 6.45) is 1.52. The van der Waals surface area contributed by atoms with E-state index in [1.165, 1.54) is 23.0 Å². The Morgan fingerprint density at radius 3 is 2.74 bits per heavy atom. The number of ether oxygens (including phenoxy) is 1. The van der Waals surface area contributed by atoms with E-state index in [4.69, 9.17) is 20.8 Å². The first kappa shape index (κ1) is 21.1. The van der Waals surface area contributed by atoms with Gasteiger partial charge in [-0.3, -0.25) is 9.48 Å². The zero-order valence-electron chi connectivity index (χ0n) is 16.0. The van der Waals surface area contributed by atoms with Crippen LogP contribution in [0.3, 0.4) is 0 Å². The number of hydrogen-bond acceptors (Lipinski definition) is 4. The number of nitrogens with one attached hydrogen (secondary N) is 1. The number of para-hydroxylation sites is 1. The number of furan rings is 1. The van der Waals surface area contributed by atoms with Crippen LogP contribution >= 0.6 is 27.5 Å². The van der Waals surface area contributed by atoms with E-state index in [1.54, 1.807) is 24.3 Å². The Bertz CT molecular complexity index is 1220. The van der Waals surface area contributed by atoms with Crippen LogP contribution < -0.4 is 10.1 Å². The third kappa shape index (κ3) is 5.15. The number of aromatic nitrogens is 2. The third-order valence-electron chi connectivity index (χ3n) is 4.33. The molecule has 0 fully saturated rings. The molecule has 1 N–H and O–H groups in total. The molecule has 31 heavy (non-hydrogen) atoms. The van der Waals surface area contributed by atoms with E-state index in [1.807, 2.05) is 24.3 Å². The zero-order valence-corrected chi connectivity index (χ0v) is 18.4. The Balaban J connectivity index is 1.39. The molecule has 9 heteroatoms. The number of nitrogens with zero attached hydrogens (tertiary/aromatic N) is 2. The predicted molar refractivity (Wildman–Crippen MR) is 118 cm³/mol. The summed E-state index contributed by atoms with van der Waals surface area (Å²) in [4.78, 5) is 12.5. The van der Waals surface area contributed by atoms with E-state index < -0.39 is 5.91 Å². The van der Waals surface area contributed by atoms with Crippen molar-refractivity contribution in [1.29, 1.82) is 0 Å². The summed E-state index contributed by atoms with van der Waals surface area (Å²) in [6.45, 7) is 0.341. The van der Waals surface area contributed by atoms with Gasteiger partial charge < -0.3 is 14.5 Å². The first-order valence-corrected chi connectivity index (χ1v) is 10.4. The quantitative estimate of drug-likeness (QED) is 0.340. The highest BCUT2D eigenvalue weighted by atomic mass is 79.9. The van der Waals surface area contributed by atoms with Crippen molar-refractivity contribution in [3.63, 3.8) is 0 Å². The highest BCUT2D eigenvalue weighted by molar-refractivity contribution is 9.10. The molecule has 2 heterocycles. The normalized spacial score (nSPS) is 10.8. The molecule has 0 unspecified atom stereocenters. The smallest absolute Gasteiger partial charge is 0.292 e. The van der Waals surface area contributed by atoms with Crippen LogP contribution in [0.4, 0.5) is 10.2 Å². The lowest BCUT2D eigenvalue weighted by atomic mass is 10.2. The largest absolute Gasteiger partial charge is 0.484 e. The molecule has 4 rings (SSSR count). The van der Waals surface area contributed by atoms with E-state index in [-0.39, 0.29) is 35.6 Å². The summed E-state index contributed by atoms with van der Waals surface area (Å²) < 4.78 is 27.4. The molecule has 0 radical (unpaired) electrons. The number of rotatable bonds is 7. The lowest BCUT2D eigenvalue weighted by molar-refractivity contribution is 0.0992. The summed E-state index contributed by atoms with van der Waals surface area (Å²) in [5, 5.41) is 7.05. The van der Waals surface area contributed by atoms with Gasteiger partial charge >= 0.3 is 0 Å². The van der Waals surface area contributed by atoms with Crippen molar-refractivity contribution < 1.29 is 18.3 Å². The van der Waals surface area contributed by atoms with Crippen LogP contribution in [-0.4, -0.2) is 15.7 Å². The van der Waals surface area contributed by atoms with Crippen molar-refractivity contribution in [1.82, 2.24) is 9.78 Å². The summed E-state index contributed by atoms with van der Waals surface area (Å²) in [5.74, 6) is 0.544. The number of benzene rings is 2. The standard InChI is InChI=1S/C22H16BrClFN3O3/c23-16-6-2-4-8-19(16)30-13-15-9-10-20(31-15)22(29)26-21-17(24)12-28(27-21)11-14-5-1-3-7-18(14)25/h1-10,12H,11,13H2,(H,26,27,29). The fraction of sp³-hybridized carbons (Fsp3) is 0.0909. The molecule has 2 aromatic carbocycles. The molecule has 6 nitrogen and oxygen atoms in total. The summed E-state index contributed by atoms with van der Waals surface area (Å²) in [7, 11) is 0.